The Balaban J connectivity index is 1.22. The van der Waals surface area contributed by atoms with E-state index in [1.54, 1.807) is 23.6 Å². The van der Waals surface area contributed by atoms with Crippen molar-refractivity contribution in [3.05, 3.63) is 69.7 Å². The lowest BCUT2D eigenvalue weighted by molar-refractivity contribution is -0.138. The van der Waals surface area contributed by atoms with Gasteiger partial charge in [-0.25, -0.2) is 4.98 Å². The molecule has 1 aliphatic rings. The number of rotatable bonds is 4. The number of benzene rings is 2. The highest BCUT2D eigenvalue weighted by molar-refractivity contribution is 7.10. The molecule has 5 rings (SSSR count). The van der Waals surface area contributed by atoms with Crippen molar-refractivity contribution in [1.29, 1.82) is 0 Å². The molecule has 2 aromatic carbocycles. The molecule has 2 aromatic heterocycles. The van der Waals surface area contributed by atoms with Crippen LogP contribution in [0, 0.1) is 0 Å². The van der Waals surface area contributed by atoms with E-state index in [9.17, 15) is 22.8 Å². The summed E-state index contributed by atoms with van der Waals surface area (Å²) in [6.45, 7) is 0.628. The third-order valence-corrected chi connectivity index (χ3v) is 6.93. The Kier molecular flexibility index (Phi) is 5.97. The maximum atomic E-state index is 13.3. The maximum absolute atomic E-state index is 13.3. The van der Waals surface area contributed by atoms with Gasteiger partial charge in [-0.3, -0.25) is 9.59 Å². The summed E-state index contributed by atoms with van der Waals surface area (Å²) in [6.07, 6.45) is -3.49. The van der Waals surface area contributed by atoms with E-state index in [-0.39, 0.29) is 23.1 Å². The third-order valence-electron chi connectivity index (χ3n) is 5.92. The largest absolute Gasteiger partial charge is 0.417 e. The van der Waals surface area contributed by atoms with Gasteiger partial charge in [0.25, 0.3) is 11.8 Å². The number of nitrogens with one attached hydrogen (secondary N) is 2. The van der Waals surface area contributed by atoms with Crippen LogP contribution in [0.1, 0.15) is 50.2 Å². The predicted octanol–water partition coefficient (Wildman–Crippen LogP) is 4.71. The first-order valence-corrected chi connectivity index (χ1v) is 11.7. The molecular weight excluding hydrogens is 481 g/mol. The molecule has 35 heavy (non-hydrogen) atoms. The highest BCUT2D eigenvalue weighted by Gasteiger charge is 2.36. The summed E-state index contributed by atoms with van der Waals surface area (Å²) in [5.41, 5.74) is 0.896. The molecule has 3 heterocycles. The number of halogens is 3. The van der Waals surface area contributed by atoms with Crippen molar-refractivity contribution >= 4 is 39.9 Å². The average Bonchev–Trinajstić information content (AvgIpc) is 3.53. The van der Waals surface area contributed by atoms with Crippen molar-refractivity contribution < 1.29 is 22.8 Å². The van der Waals surface area contributed by atoms with Gasteiger partial charge in [-0.15, -0.1) is 11.3 Å². The smallest absolute Gasteiger partial charge is 0.339 e. The van der Waals surface area contributed by atoms with Crippen LogP contribution >= 0.6 is 11.3 Å². The molecule has 12 heteroatoms. The van der Waals surface area contributed by atoms with Gasteiger partial charge in [-0.1, -0.05) is 12.1 Å². The summed E-state index contributed by atoms with van der Waals surface area (Å²) in [5.74, 6) is -0.957. The van der Waals surface area contributed by atoms with Crippen LogP contribution in [0.25, 0.3) is 11.0 Å². The van der Waals surface area contributed by atoms with E-state index in [1.165, 1.54) is 34.4 Å². The van der Waals surface area contributed by atoms with Crippen molar-refractivity contribution in [3.8, 4) is 0 Å². The van der Waals surface area contributed by atoms with Crippen LogP contribution in [0.4, 0.5) is 18.9 Å². The minimum atomic E-state index is -4.59. The second-order valence-electron chi connectivity index (χ2n) is 8.16. The molecule has 0 bridgehead atoms. The Morgan fingerprint density at radius 3 is 2.57 bits per heavy atom. The van der Waals surface area contributed by atoms with Gasteiger partial charge in [0.05, 0.1) is 16.1 Å². The number of fused-ring (bicyclic) bond motifs is 1. The molecule has 0 atom stereocenters. The van der Waals surface area contributed by atoms with Crippen molar-refractivity contribution in [1.82, 2.24) is 25.3 Å². The zero-order valence-corrected chi connectivity index (χ0v) is 19.0. The lowest BCUT2D eigenvalue weighted by Crippen LogP contribution is -2.38. The Bertz CT molecular complexity index is 1390. The quantitative estimate of drug-likeness (QED) is 0.423. The van der Waals surface area contributed by atoms with Gasteiger partial charge in [0.1, 0.15) is 16.7 Å². The Labute approximate surface area is 201 Å². The zero-order valence-electron chi connectivity index (χ0n) is 18.2. The standard InChI is InChI=1S/C23H19F3N6O2S/c24-23(25,26)16-4-2-1-3-15(16)22(34)32-9-7-13(8-10-32)21-28-19(12-35-21)20(33)27-14-5-6-17-18(11-14)30-31-29-17/h1-6,11-13H,7-10H2,(H,27,33)(H,29,30,31). The molecule has 2 amide bonds. The van der Waals surface area contributed by atoms with E-state index in [1.807, 2.05) is 0 Å². The summed E-state index contributed by atoms with van der Waals surface area (Å²) in [7, 11) is 0. The molecule has 1 aliphatic heterocycles. The Morgan fingerprint density at radius 1 is 1.06 bits per heavy atom. The number of alkyl halides is 3. The molecule has 0 radical (unpaired) electrons. The number of piperidine rings is 1. The fourth-order valence-corrected chi connectivity index (χ4v) is 5.08. The van der Waals surface area contributed by atoms with E-state index in [0.717, 1.165) is 11.1 Å². The number of likely N-dealkylation sites (tertiary alicyclic amines) is 1. The molecule has 4 aromatic rings. The third kappa shape index (κ3) is 4.74. The molecule has 0 saturated carbocycles. The van der Waals surface area contributed by atoms with E-state index < -0.39 is 17.6 Å². The monoisotopic (exact) mass is 500 g/mol. The van der Waals surface area contributed by atoms with Crippen molar-refractivity contribution in [3.63, 3.8) is 0 Å². The van der Waals surface area contributed by atoms with Crippen LogP contribution in [0.15, 0.2) is 47.8 Å². The number of aromatic amines is 1. The zero-order chi connectivity index (χ0) is 24.6. The van der Waals surface area contributed by atoms with Crippen molar-refractivity contribution in [2.45, 2.75) is 24.9 Å². The van der Waals surface area contributed by atoms with Crippen LogP contribution in [0.3, 0.4) is 0 Å². The highest BCUT2D eigenvalue weighted by atomic mass is 32.1. The van der Waals surface area contributed by atoms with Crippen molar-refractivity contribution in [2.24, 2.45) is 0 Å². The first kappa shape index (κ1) is 23.0. The second-order valence-corrected chi connectivity index (χ2v) is 9.05. The van der Waals surface area contributed by atoms with Gasteiger partial charge in [0, 0.05) is 30.1 Å². The van der Waals surface area contributed by atoms with Gasteiger partial charge in [0.2, 0.25) is 0 Å². The lowest BCUT2D eigenvalue weighted by Gasteiger charge is -2.31. The minimum Gasteiger partial charge on any atom is -0.339 e. The van der Waals surface area contributed by atoms with E-state index in [2.05, 4.69) is 25.7 Å². The number of carbonyl (C=O) groups is 2. The second kappa shape index (κ2) is 9.10. The molecule has 0 aliphatic carbocycles. The van der Waals surface area contributed by atoms with Gasteiger partial charge in [-0.2, -0.15) is 28.6 Å². The van der Waals surface area contributed by atoms with Crippen LogP contribution < -0.4 is 5.32 Å². The summed E-state index contributed by atoms with van der Waals surface area (Å²) >= 11 is 1.36. The van der Waals surface area contributed by atoms with Gasteiger partial charge in [-0.05, 0) is 43.2 Å². The normalized spacial score (nSPS) is 14.9. The number of hydrogen-bond acceptors (Lipinski definition) is 6. The van der Waals surface area contributed by atoms with E-state index in [4.69, 9.17) is 0 Å². The number of carbonyl (C=O) groups excluding carboxylic acids is 2. The molecule has 0 spiro atoms. The predicted molar refractivity (Wildman–Crippen MR) is 123 cm³/mol. The van der Waals surface area contributed by atoms with Crippen LogP contribution in [-0.2, 0) is 6.18 Å². The Hall–Kier alpha value is -3.80. The topological polar surface area (TPSA) is 104 Å². The van der Waals surface area contributed by atoms with Gasteiger partial charge < -0.3 is 10.2 Å². The van der Waals surface area contributed by atoms with Crippen LogP contribution in [0.5, 0.6) is 0 Å². The van der Waals surface area contributed by atoms with Gasteiger partial charge in [0.15, 0.2) is 0 Å². The first-order chi connectivity index (χ1) is 16.8. The lowest BCUT2D eigenvalue weighted by atomic mass is 9.96. The number of nitrogens with zero attached hydrogens (tertiary/aromatic N) is 4. The molecule has 1 fully saturated rings. The van der Waals surface area contributed by atoms with Gasteiger partial charge >= 0.3 is 6.18 Å². The number of amides is 2. The SMILES string of the molecule is O=C(Nc1ccc2n[nH]nc2c1)c1csc(C2CCN(C(=O)c3ccccc3C(F)(F)F)CC2)n1. The molecule has 0 unspecified atom stereocenters. The highest BCUT2D eigenvalue weighted by Crippen LogP contribution is 2.34. The molecule has 1 saturated heterocycles. The van der Waals surface area contributed by atoms with E-state index >= 15 is 0 Å². The first-order valence-electron chi connectivity index (χ1n) is 10.8. The summed E-state index contributed by atoms with van der Waals surface area (Å²) < 4.78 is 39.9. The molecule has 8 nitrogen and oxygen atoms in total. The Morgan fingerprint density at radius 2 is 1.80 bits per heavy atom. The molecule has 180 valence electrons. The maximum Gasteiger partial charge on any atom is 0.417 e. The molecule has 2 N–H and O–H groups in total. The number of H-pyrrole nitrogens is 1. The average molecular weight is 501 g/mol. The van der Waals surface area contributed by atoms with Crippen molar-refractivity contribution in [2.75, 3.05) is 18.4 Å². The fourth-order valence-electron chi connectivity index (χ4n) is 4.11. The number of anilines is 1. The fraction of sp³-hybridized carbons (Fsp3) is 0.261. The summed E-state index contributed by atoms with van der Waals surface area (Å²) in [4.78, 5) is 31.4. The minimum absolute atomic E-state index is 0.0231. The molecular formula is C23H19F3N6O2S. The summed E-state index contributed by atoms with van der Waals surface area (Å²) in [6, 6.07) is 10.0. The van der Waals surface area contributed by atoms with Crippen LogP contribution in [0.2, 0.25) is 0 Å². The van der Waals surface area contributed by atoms with E-state index in [0.29, 0.717) is 42.7 Å². The number of thiazole rings is 1. The number of aromatic nitrogens is 4. The van der Waals surface area contributed by atoms with Crippen LogP contribution in [-0.4, -0.2) is 50.2 Å². The summed E-state index contributed by atoms with van der Waals surface area (Å²) in [5, 5.41) is 15.7. The number of hydrogen-bond donors (Lipinski definition) is 2.